The number of fused-ring (bicyclic) bond motifs is 3. The number of para-hydroxylation sites is 1. The number of rotatable bonds is 3. The lowest BCUT2D eigenvalue weighted by Gasteiger charge is -2.25. The Bertz CT molecular complexity index is 1420. The predicted molar refractivity (Wildman–Crippen MR) is 127 cm³/mol. The molecule has 158 valence electrons. The Labute approximate surface area is 185 Å². The van der Waals surface area contributed by atoms with Crippen LogP contribution in [0.1, 0.15) is 11.1 Å². The molecule has 7 heteroatoms. The van der Waals surface area contributed by atoms with Crippen molar-refractivity contribution in [2.45, 2.75) is 13.1 Å². The van der Waals surface area contributed by atoms with E-state index in [1.54, 1.807) is 6.33 Å². The third-order valence-corrected chi connectivity index (χ3v) is 6.22. The van der Waals surface area contributed by atoms with Crippen LogP contribution in [0.4, 0.5) is 17.5 Å². The fourth-order valence-corrected chi connectivity index (χ4v) is 4.70. The van der Waals surface area contributed by atoms with E-state index in [1.165, 1.54) is 27.6 Å². The van der Waals surface area contributed by atoms with Gasteiger partial charge in [0.15, 0.2) is 5.52 Å². The lowest BCUT2D eigenvalue weighted by atomic mass is 10.0. The van der Waals surface area contributed by atoms with Crippen molar-refractivity contribution in [1.82, 2.24) is 15.0 Å². The molecule has 1 aliphatic heterocycles. The number of nitrogens with one attached hydrogen (secondary N) is 2. The first-order valence-corrected chi connectivity index (χ1v) is 10.8. The molecular formula is C25H24N7+. The Morgan fingerprint density at radius 3 is 2.78 bits per heavy atom. The van der Waals surface area contributed by atoms with Crippen LogP contribution in [0.25, 0.3) is 21.9 Å². The minimum Gasteiger partial charge on any atom is -0.364 e. The molecule has 5 aromatic rings. The number of nitrogen functional groups attached to an aromatic ring is 1. The number of imidazole rings is 1. The molecule has 1 aliphatic rings. The number of H-pyrrole nitrogens is 2. The highest BCUT2D eigenvalue weighted by Crippen LogP contribution is 2.30. The minimum absolute atomic E-state index is 0.366. The molecule has 0 unspecified atom stereocenters. The number of anilines is 3. The van der Waals surface area contributed by atoms with Crippen LogP contribution in [0, 0.1) is 0 Å². The molecule has 0 amide bonds. The van der Waals surface area contributed by atoms with Crippen molar-refractivity contribution in [3.63, 3.8) is 0 Å². The highest BCUT2D eigenvalue weighted by molar-refractivity contribution is 5.86. The number of hydrogen-bond acceptors (Lipinski definition) is 5. The lowest BCUT2D eigenvalue weighted by Crippen LogP contribution is -2.35. The van der Waals surface area contributed by atoms with Crippen LogP contribution in [0.3, 0.4) is 0 Å². The van der Waals surface area contributed by atoms with Gasteiger partial charge in [-0.3, -0.25) is 0 Å². The third kappa shape index (κ3) is 3.19. The molecule has 0 radical (unpaired) electrons. The van der Waals surface area contributed by atoms with Gasteiger partial charge in [-0.25, -0.2) is 9.97 Å². The van der Waals surface area contributed by atoms with Gasteiger partial charge in [0.1, 0.15) is 0 Å². The van der Waals surface area contributed by atoms with E-state index in [-0.39, 0.29) is 0 Å². The summed E-state index contributed by atoms with van der Waals surface area (Å²) in [7, 11) is 0. The van der Waals surface area contributed by atoms with Gasteiger partial charge in [0.05, 0.1) is 19.4 Å². The molecule has 7 nitrogen and oxygen atoms in total. The standard InChI is InChI=1S/C25H23N7/c26-25-29-23-22(27-16-28-23)24(30-25)32-13-12-31(21-11-4-2-7-19(21)15-32)14-18-9-5-8-17-6-1-3-10-20(17)18/h1-11,16H,12-15H2,(H3,26,27,28,29,30)/p+1. The summed E-state index contributed by atoms with van der Waals surface area (Å²) in [5, 5.41) is 2.58. The molecule has 0 spiro atoms. The molecular weight excluding hydrogens is 398 g/mol. The zero-order valence-corrected chi connectivity index (χ0v) is 17.6. The topological polar surface area (TPSA) is 88.2 Å². The first kappa shape index (κ1) is 18.6. The monoisotopic (exact) mass is 422 g/mol. The largest absolute Gasteiger partial charge is 0.364 e. The average Bonchev–Trinajstić information content (AvgIpc) is 3.21. The Morgan fingerprint density at radius 2 is 1.81 bits per heavy atom. The lowest BCUT2D eigenvalue weighted by molar-refractivity contribution is -0.348. The van der Waals surface area contributed by atoms with Crippen LogP contribution in [0.15, 0.2) is 73.1 Å². The smallest absolute Gasteiger partial charge is 0.344 e. The predicted octanol–water partition coefficient (Wildman–Crippen LogP) is 3.53. The number of nitrogens with two attached hydrogens (primary N) is 1. The van der Waals surface area contributed by atoms with Crippen LogP contribution in [-0.2, 0) is 13.1 Å². The molecule has 32 heavy (non-hydrogen) atoms. The van der Waals surface area contributed by atoms with Gasteiger partial charge in [-0.1, -0.05) is 65.6 Å². The highest BCUT2D eigenvalue weighted by Gasteiger charge is 2.26. The van der Waals surface area contributed by atoms with Crippen molar-refractivity contribution in [1.29, 1.82) is 0 Å². The molecule has 0 fully saturated rings. The van der Waals surface area contributed by atoms with Crippen LogP contribution in [0.5, 0.6) is 0 Å². The number of nitrogens with zero attached hydrogens (tertiary/aromatic N) is 4. The number of benzene rings is 3. The average molecular weight is 423 g/mol. The van der Waals surface area contributed by atoms with E-state index in [0.717, 1.165) is 37.5 Å². The van der Waals surface area contributed by atoms with Crippen molar-refractivity contribution in [3.8, 4) is 0 Å². The number of hydrogen-bond donors (Lipinski definition) is 2. The maximum atomic E-state index is 6.05. The van der Waals surface area contributed by atoms with Gasteiger partial charge in [0.25, 0.3) is 0 Å². The van der Waals surface area contributed by atoms with Crippen LogP contribution in [0.2, 0.25) is 0 Å². The SMILES string of the molecule is Nc1nc2nc[nH]c2c(N2CCN(Cc3cccc4ccccc34)c3ccccc3C2)[nH+]1. The zero-order valence-electron chi connectivity index (χ0n) is 17.6. The summed E-state index contributed by atoms with van der Waals surface area (Å²) < 4.78 is 0. The van der Waals surface area contributed by atoms with Crippen molar-refractivity contribution < 1.29 is 4.98 Å². The molecule has 2 aromatic heterocycles. The second kappa shape index (κ2) is 7.53. The quantitative estimate of drug-likeness (QED) is 0.464. The zero-order chi connectivity index (χ0) is 21.5. The van der Waals surface area contributed by atoms with Crippen molar-refractivity contribution >= 4 is 39.4 Å². The summed E-state index contributed by atoms with van der Waals surface area (Å²) >= 11 is 0. The molecule has 3 aromatic carbocycles. The van der Waals surface area contributed by atoms with Crippen molar-refractivity contribution in [2.75, 3.05) is 28.6 Å². The van der Waals surface area contributed by atoms with Gasteiger partial charge in [0, 0.05) is 24.3 Å². The van der Waals surface area contributed by atoms with Gasteiger partial charge in [-0.05, 0) is 22.4 Å². The van der Waals surface area contributed by atoms with Crippen LogP contribution < -0.4 is 20.5 Å². The van der Waals surface area contributed by atoms with E-state index in [4.69, 9.17) is 5.73 Å². The molecule has 4 N–H and O–H groups in total. The fourth-order valence-electron chi connectivity index (χ4n) is 4.70. The van der Waals surface area contributed by atoms with Gasteiger partial charge in [0.2, 0.25) is 11.5 Å². The molecule has 0 saturated carbocycles. The molecule has 0 bridgehead atoms. The first-order chi connectivity index (χ1) is 15.8. The van der Waals surface area contributed by atoms with Gasteiger partial charge < -0.3 is 20.5 Å². The Morgan fingerprint density at radius 1 is 0.969 bits per heavy atom. The molecule has 3 heterocycles. The minimum atomic E-state index is 0.366. The van der Waals surface area contributed by atoms with E-state index >= 15 is 0 Å². The second-order valence-electron chi connectivity index (χ2n) is 8.18. The van der Waals surface area contributed by atoms with E-state index in [1.807, 2.05) is 0 Å². The first-order valence-electron chi connectivity index (χ1n) is 10.8. The van der Waals surface area contributed by atoms with E-state index < -0.39 is 0 Å². The number of aromatic amines is 2. The van der Waals surface area contributed by atoms with Crippen LogP contribution in [-0.4, -0.2) is 28.0 Å². The Kier molecular flexibility index (Phi) is 4.38. The van der Waals surface area contributed by atoms with Crippen molar-refractivity contribution in [3.05, 3.63) is 84.2 Å². The van der Waals surface area contributed by atoms with E-state index in [0.29, 0.717) is 11.6 Å². The third-order valence-electron chi connectivity index (χ3n) is 6.22. The van der Waals surface area contributed by atoms with E-state index in [2.05, 4.69) is 96.5 Å². The molecule has 0 aliphatic carbocycles. The maximum Gasteiger partial charge on any atom is 0.344 e. The summed E-state index contributed by atoms with van der Waals surface area (Å²) in [4.78, 5) is 19.9. The summed E-state index contributed by atoms with van der Waals surface area (Å²) in [5.74, 6) is 1.29. The summed E-state index contributed by atoms with van der Waals surface area (Å²) in [6.07, 6.45) is 1.66. The van der Waals surface area contributed by atoms with Gasteiger partial charge in [-0.2, -0.15) is 0 Å². The molecule has 6 rings (SSSR count). The highest BCUT2D eigenvalue weighted by atomic mass is 15.3. The molecule has 0 saturated heterocycles. The van der Waals surface area contributed by atoms with E-state index in [9.17, 15) is 0 Å². The van der Waals surface area contributed by atoms with Gasteiger partial charge >= 0.3 is 5.95 Å². The number of aromatic nitrogens is 4. The van der Waals surface area contributed by atoms with Crippen LogP contribution >= 0.6 is 0 Å². The Balaban J connectivity index is 1.39. The summed E-state index contributed by atoms with van der Waals surface area (Å²) in [6, 6.07) is 23.8. The normalized spacial score (nSPS) is 14.0. The second-order valence-corrected chi connectivity index (χ2v) is 8.18. The summed E-state index contributed by atoms with van der Waals surface area (Å²) in [6.45, 7) is 3.35. The van der Waals surface area contributed by atoms with Crippen molar-refractivity contribution in [2.24, 2.45) is 0 Å². The maximum absolute atomic E-state index is 6.05. The van der Waals surface area contributed by atoms with Gasteiger partial charge in [-0.15, -0.1) is 0 Å². The fraction of sp³-hybridized carbons (Fsp3) is 0.160. The summed E-state index contributed by atoms with van der Waals surface area (Å²) in [5.41, 5.74) is 11.4. The Hall–Kier alpha value is -4.13. The molecule has 0 atom stereocenters.